The summed E-state index contributed by atoms with van der Waals surface area (Å²) in [6, 6.07) is 0.432. The summed E-state index contributed by atoms with van der Waals surface area (Å²) >= 11 is 0. The molecular formula is C18H30N2O2. The van der Waals surface area contributed by atoms with Crippen molar-refractivity contribution in [2.24, 2.45) is 23.7 Å². The summed E-state index contributed by atoms with van der Waals surface area (Å²) in [5.74, 6) is 3.62. The Balaban J connectivity index is 1.39. The fourth-order valence-electron chi connectivity index (χ4n) is 6.10. The minimum absolute atomic E-state index is 0.00760. The molecule has 4 aliphatic carbocycles. The number of amides is 1. The van der Waals surface area contributed by atoms with Gasteiger partial charge >= 0.3 is 0 Å². The molecule has 0 aromatic rings. The Morgan fingerprint density at radius 3 is 2.41 bits per heavy atom. The van der Waals surface area contributed by atoms with Crippen LogP contribution in [0.25, 0.3) is 0 Å². The summed E-state index contributed by atoms with van der Waals surface area (Å²) in [4.78, 5) is 15.0. The Bertz CT molecular complexity index is 409. The monoisotopic (exact) mass is 306 g/mol. The van der Waals surface area contributed by atoms with Crippen LogP contribution in [0.3, 0.4) is 0 Å². The molecule has 1 amide bonds. The first-order chi connectivity index (χ1) is 10.6. The van der Waals surface area contributed by atoms with Crippen molar-refractivity contribution in [3.8, 4) is 0 Å². The SMILES string of the molecule is C[C@@H](O)CN1CCC[C@H]1C(=O)NC1C2CC3CC(C2)CC1C3. The molecule has 5 aliphatic rings. The van der Waals surface area contributed by atoms with Gasteiger partial charge in [0, 0.05) is 12.6 Å². The minimum Gasteiger partial charge on any atom is -0.392 e. The molecular weight excluding hydrogens is 276 g/mol. The number of hydrogen-bond donors (Lipinski definition) is 2. The van der Waals surface area contributed by atoms with Gasteiger partial charge in [0.1, 0.15) is 0 Å². The van der Waals surface area contributed by atoms with E-state index < -0.39 is 0 Å². The fourth-order valence-corrected chi connectivity index (χ4v) is 6.10. The molecule has 1 saturated heterocycles. The van der Waals surface area contributed by atoms with Gasteiger partial charge in [-0.1, -0.05) is 0 Å². The lowest BCUT2D eigenvalue weighted by molar-refractivity contribution is -0.129. The molecule has 5 fully saturated rings. The van der Waals surface area contributed by atoms with Crippen molar-refractivity contribution >= 4 is 5.91 Å². The highest BCUT2D eigenvalue weighted by Gasteiger charge is 2.49. The van der Waals surface area contributed by atoms with Gasteiger partial charge in [-0.15, -0.1) is 0 Å². The van der Waals surface area contributed by atoms with Gasteiger partial charge in [0.2, 0.25) is 5.91 Å². The lowest BCUT2D eigenvalue weighted by Crippen LogP contribution is -2.58. The first-order valence-electron chi connectivity index (χ1n) is 9.32. The van der Waals surface area contributed by atoms with E-state index in [0.29, 0.717) is 12.6 Å². The smallest absolute Gasteiger partial charge is 0.237 e. The molecule has 0 spiro atoms. The number of nitrogens with one attached hydrogen (secondary N) is 1. The van der Waals surface area contributed by atoms with E-state index in [1.54, 1.807) is 0 Å². The number of carbonyl (C=O) groups is 1. The molecule has 4 nitrogen and oxygen atoms in total. The van der Waals surface area contributed by atoms with Crippen LogP contribution in [0.4, 0.5) is 0 Å². The maximum atomic E-state index is 12.8. The lowest BCUT2D eigenvalue weighted by Gasteiger charge is -2.54. The van der Waals surface area contributed by atoms with E-state index in [1.165, 1.54) is 32.1 Å². The van der Waals surface area contributed by atoms with E-state index >= 15 is 0 Å². The first-order valence-corrected chi connectivity index (χ1v) is 9.32. The van der Waals surface area contributed by atoms with E-state index in [4.69, 9.17) is 0 Å². The molecule has 4 heteroatoms. The molecule has 4 saturated carbocycles. The third-order valence-electron chi connectivity index (χ3n) is 6.70. The summed E-state index contributed by atoms with van der Waals surface area (Å²) < 4.78 is 0. The predicted molar refractivity (Wildman–Crippen MR) is 85.3 cm³/mol. The van der Waals surface area contributed by atoms with Crippen LogP contribution in [-0.4, -0.2) is 47.2 Å². The summed E-state index contributed by atoms with van der Waals surface area (Å²) in [5.41, 5.74) is 0. The highest BCUT2D eigenvalue weighted by molar-refractivity contribution is 5.82. The molecule has 0 aromatic heterocycles. The summed E-state index contributed by atoms with van der Waals surface area (Å²) in [6.07, 6.45) is 8.52. The lowest BCUT2D eigenvalue weighted by atomic mass is 9.54. The number of rotatable bonds is 4. The Labute approximate surface area is 133 Å². The van der Waals surface area contributed by atoms with Crippen LogP contribution in [0.1, 0.15) is 51.9 Å². The molecule has 0 radical (unpaired) electrons. The number of aliphatic hydroxyl groups excluding tert-OH is 1. The molecule has 0 aromatic carbocycles. The number of β-amino-alcohol motifs (C(OH)–C–C–N with tert-alkyl or cyclic N) is 1. The number of carbonyl (C=O) groups excluding carboxylic acids is 1. The summed E-state index contributed by atoms with van der Waals surface area (Å²) in [5, 5.41) is 13.1. The average Bonchev–Trinajstić information content (AvgIpc) is 2.89. The maximum absolute atomic E-state index is 12.8. The zero-order chi connectivity index (χ0) is 15.3. The fraction of sp³-hybridized carbons (Fsp3) is 0.944. The second kappa shape index (κ2) is 5.79. The maximum Gasteiger partial charge on any atom is 0.237 e. The van der Waals surface area contributed by atoms with Crippen LogP contribution in [0.15, 0.2) is 0 Å². The number of aliphatic hydroxyl groups is 1. The molecule has 0 unspecified atom stereocenters. The standard InChI is InChI=1S/C18H30N2O2/c1-11(21)10-20-4-2-3-16(20)18(22)19-17-14-6-12-5-13(8-14)9-15(17)7-12/h11-17,21H,2-10H2,1H3,(H,19,22)/t11-,12?,13?,14?,15?,16+,17?/m1/s1. The molecule has 1 aliphatic heterocycles. The molecule has 124 valence electrons. The van der Waals surface area contributed by atoms with Crippen molar-refractivity contribution in [3.63, 3.8) is 0 Å². The van der Waals surface area contributed by atoms with Crippen molar-refractivity contribution in [2.75, 3.05) is 13.1 Å². The predicted octanol–water partition coefficient (Wildman–Crippen LogP) is 1.77. The molecule has 2 atom stereocenters. The van der Waals surface area contributed by atoms with Gasteiger partial charge in [-0.3, -0.25) is 9.69 Å². The molecule has 22 heavy (non-hydrogen) atoms. The number of likely N-dealkylation sites (tertiary alicyclic amines) is 1. The van der Waals surface area contributed by atoms with Crippen molar-refractivity contribution in [2.45, 2.75) is 70.1 Å². The molecule has 2 N–H and O–H groups in total. The van der Waals surface area contributed by atoms with Gasteiger partial charge in [0.15, 0.2) is 0 Å². The van der Waals surface area contributed by atoms with Gasteiger partial charge < -0.3 is 10.4 Å². The molecule has 4 bridgehead atoms. The van der Waals surface area contributed by atoms with Crippen molar-refractivity contribution < 1.29 is 9.90 Å². The topological polar surface area (TPSA) is 52.6 Å². The second-order valence-corrected chi connectivity index (χ2v) is 8.47. The Morgan fingerprint density at radius 2 is 1.82 bits per heavy atom. The summed E-state index contributed by atoms with van der Waals surface area (Å²) in [7, 11) is 0. The Morgan fingerprint density at radius 1 is 1.18 bits per heavy atom. The zero-order valence-electron chi connectivity index (χ0n) is 13.7. The van der Waals surface area contributed by atoms with Crippen LogP contribution < -0.4 is 5.32 Å². The average molecular weight is 306 g/mol. The van der Waals surface area contributed by atoms with Crippen molar-refractivity contribution in [1.82, 2.24) is 10.2 Å². The van der Waals surface area contributed by atoms with E-state index in [2.05, 4.69) is 10.2 Å². The third kappa shape index (κ3) is 2.69. The van der Waals surface area contributed by atoms with Crippen LogP contribution in [0.2, 0.25) is 0 Å². The molecule has 1 heterocycles. The normalized spacial score (nSPS) is 45.2. The minimum atomic E-state index is -0.352. The largest absolute Gasteiger partial charge is 0.392 e. The quantitative estimate of drug-likeness (QED) is 0.832. The zero-order valence-corrected chi connectivity index (χ0v) is 13.7. The summed E-state index contributed by atoms with van der Waals surface area (Å²) in [6.45, 7) is 3.38. The third-order valence-corrected chi connectivity index (χ3v) is 6.70. The van der Waals surface area contributed by atoms with E-state index in [-0.39, 0.29) is 18.1 Å². The van der Waals surface area contributed by atoms with Gasteiger partial charge in [0.05, 0.1) is 12.1 Å². The second-order valence-electron chi connectivity index (χ2n) is 8.47. The van der Waals surface area contributed by atoms with Gasteiger partial charge in [-0.2, -0.15) is 0 Å². The van der Waals surface area contributed by atoms with Crippen LogP contribution >= 0.6 is 0 Å². The van der Waals surface area contributed by atoms with Crippen LogP contribution in [-0.2, 0) is 4.79 Å². The van der Waals surface area contributed by atoms with Gasteiger partial charge in [-0.25, -0.2) is 0 Å². The van der Waals surface area contributed by atoms with Crippen molar-refractivity contribution in [1.29, 1.82) is 0 Å². The van der Waals surface area contributed by atoms with Crippen molar-refractivity contribution in [3.05, 3.63) is 0 Å². The Hall–Kier alpha value is -0.610. The van der Waals surface area contributed by atoms with Gasteiger partial charge in [-0.05, 0) is 82.1 Å². The Kier molecular flexibility index (Phi) is 3.93. The number of nitrogens with zero attached hydrogens (tertiary/aromatic N) is 1. The van der Waals surface area contributed by atoms with E-state index in [9.17, 15) is 9.90 Å². The molecule has 5 rings (SSSR count). The highest BCUT2D eigenvalue weighted by atomic mass is 16.3. The van der Waals surface area contributed by atoms with Crippen LogP contribution in [0, 0.1) is 23.7 Å². The van der Waals surface area contributed by atoms with E-state index in [1.807, 2.05) is 6.92 Å². The highest BCUT2D eigenvalue weighted by Crippen LogP contribution is 2.53. The van der Waals surface area contributed by atoms with E-state index in [0.717, 1.165) is 43.1 Å². The number of hydrogen-bond acceptors (Lipinski definition) is 3. The van der Waals surface area contributed by atoms with Crippen LogP contribution in [0.5, 0.6) is 0 Å². The first kappa shape index (κ1) is 14.9. The van der Waals surface area contributed by atoms with Gasteiger partial charge in [0.25, 0.3) is 0 Å².